The van der Waals surface area contributed by atoms with Crippen LogP contribution in [0.1, 0.15) is 5.56 Å². The second kappa shape index (κ2) is 6.56. The molecule has 0 amide bonds. The lowest BCUT2D eigenvalue weighted by Crippen LogP contribution is -2.00. The van der Waals surface area contributed by atoms with E-state index >= 15 is 0 Å². The molecule has 4 aromatic rings. The molecule has 0 fully saturated rings. The van der Waals surface area contributed by atoms with Crippen LogP contribution in [0.3, 0.4) is 0 Å². The van der Waals surface area contributed by atoms with Crippen LogP contribution in [-0.2, 0) is 6.54 Å². The van der Waals surface area contributed by atoms with Crippen LogP contribution < -0.4 is 0 Å². The lowest BCUT2D eigenvalue weighted by atomic mass is 10.1. The van der Waals surface area contributed by atoms with Crippen LogP contribution >= 0.6 is 22.6 Å². The highest BCUT2D eigenvalue weighted by molar-refractivity contribution is 14.1. The third-order valence-electron chi connectivity index (χ3n) is 3.73. The average Bonchev–Trinajstić information content (AvgIpc) is 3.27. The Labute approximate surface area is 153 Å². The monoisotopic (exact) mass is 427 g/mol. The molecule has 2 heterocycles. The van der Waals surface area contributed by atoms with E-state index in [0.717, 1.165) is 22.5 Å². The maximum Gasteiger partial charge on any atom is 0.137 e. The quantitative estimate of drug-likeness (QED) is 0.466. The van der Waals surface area contributed by atoms with Crippen molar-refractivity contribution in [2.24, 2.45) is 0 Å². The molecule has 0 saturated heterocycles. The maximum absolute atomic E-state index is 4.81. The van der Waals surface area contributed by atoms with Crippen LogP contribution in [0.25, 0.3) is 16.9 Å². The van der Waals surface area contributed by atoms with Crippen LogP contribution in [0.15, 0.2) is 73.4 Å². The fourth-order valence-electron chi connectivity index (χ4n) is 2.58. The lowest BCUT2D eigenvalue weighted by Gasteiger charge is -2.02. The Morgan fingerprint density at radius 2 is 1.75 bits per heavy atom. The SMILES string of the molecule is Ic1ccc(-c2nn(-c3ccccc3)cc2Cn2cncn2)cc1. The van der Waals surface area contributed by atoms with Gasteiger partial charge >= 0.3 is 0 Å². The summed E-state index contributed by atoms with van der Waals surface area (Å²) < 4.78 is 4.93. The van der Waals surface area contributed by atoms with Gasteiger partial charge in [-0.25, -0.2) is 14.3 Å². The number of hydrogen-bond acceptors (Lipinski definition) is 3. The zero-order valence-corrected chi connectivity index (χ0v) is 14.9. The first kappa shape index (κ1) is 15.1. The van der Waals surface area contributed by atoms with E-state index in [2.05, 4.69) is 63.1 Å². The molecule has 24 heavy (non-hydrogen) atoms. The van der Waals surface area contributed by atoms with Gasteiger partial charge in [-0.05, 0) is 46.9 Å². The molecule has 5 nitrogen and oxygen atoms in total. The summed E-state index contributed by atoms with van der Waals surface area (Å²) in [6.07, 6.45) is 5.33. The van der Waals surface area contributed by atoms with Gasteiger partial charge in [0.15, 0.2) is 0 Å². The van der Waals surface area contributed by atoms with Gasteiger partial charge < -0.3 is 0 Å². The van der Waals surface area contributed by atoms with Gasteiger partial charge in [-0.3, -0.25) is 0 Å². The van der Waals surface area contributed by atoms with Crippen LogP contribution in [-0.4, -0.2) is 24.5 Å². The molecular formula is C18H14IN5. The van der Waals surface area contributed by atoms with Crippen molar-refractivity contribution in [3.8, 4) is 16.9 Å². The predicted molar refractivity (Wildman–Crippen MR) is 101 cm³/mol. The van der Waals surface area contributed by atoms with Crippen molar-refractivity contribution in [3.05, 3.63) is 82.6 Å². The lowest BCUT2D eigenvalue weighted by molar-refractivity contribution is 0.685. The molecule has 2 aromatic carbocycles. The van der Waals surface area contributed by atoms with Gasteiger partial charge in [0.1, 0.15) is 12.7 Å². The molecule has 6 heteroatoms. The number of para-hydroxylation sites is 1. The first-order chi connectivity index (χ1) is 11.8. The summed E-state index contributed by atoms with van der Waals surface area (Å²) in [6.45, 7) is 0.633. The van der Waals surface area contributed by atoms with Crippen molar-refractivity contribution < 1.29 is 0 Å². The Morgan fingerprint density at radius 1 is 0.958 bits per heavy atom. The third-order valence-corrected chi connectivity index (χ3v) is 4.45. The number of nitrogens with zero attached hydrogens (tertiary/aromatic N) is 5. The van der Waals surface area contributed by atoms with E-state index in [1.165, 1.54) is 3.57 Å². The van der Waals surface area contributed by atoms with Crippen LogP contribution in [0.5, 0.6) is 0 Å². The molecule has 0 bridgehead atoms. The maximum atomic E-state index is 4.81. The van der Waals surface area contributed by atoms with Crippen molar-refractivity contribution in [3.63, 3.8) is 0 Å². The Kier molecular flexibility index (Phi) is 4.12. The molecule has 2 aromatic heterocycles. The Morgan fingerprint density at radius 3 is 2.46 bits per heavy atom. The van der Waals surface area contributed by atoms with E-state index in [0.29, 0.717) is 6.54 Å². The zero-order chi connectivity index (χ0) is 16.4. The second-order valence-corrected chi connectivity index (χ2v) is 6.63. The molecular weight excluding hydrogens is 413 g/mol. The summed E-state index contributed by atoms with van der Waals surface area (Å²) in [6, 6.07) is 18.5. The van der Waals surface area contributed by atoms with E-state index in [4.69, 9.17) is 5.10 Å². The Bertz CT molecular complexity index is 927. The van der Waals surface area contributed by atoms with Crippen molar-refractivity contribution in [2.45, 2.75) is 6.54 Å². The molecule has 0 radical (unpaired) electrons. The average molecular weight is 427 g/mol. The molecule has 4 rings (SSSR count). The van der Waals surface area contributed by atoms with E-state index in [1.54, 1.807) is 12.7 Å². The number of aromatic nitrogens is 5. The summed E-state index contributed by atoms with van der Waals surface area (Å²) in [5.41, 5.74) is 4.20. The van der Waals surface area contributed by atoms with Crippen molar-refractivity contribution in [2.75, 3.05) is 0 Å². The Hall–Kier alpha value is -2.48. The highest BCUT2D eigenvalue weighted by Crippen LogP contribution is 2.25. The molecule has 118 valence electrons. The summed E-state index contributed by atoms with van der Waals surface area (Å²) >= 11 is 2.31. The van der Waals surface area contributed by atoms with Crippen LogP contribution in [0.4, 0.5) is 0 Å². The summed E-state index contributed by atoms with van der Waals surface area (Å²) in [7, 11) is 0. The van der Waals surface area contributed by atoms with Crippen LogP contribution in [0.2, 0.25) is 0 Å². The van der Waals surface area contributed by atoms with Gasteiger partial charge in [0.25, 0.3) is 0 Å². The Balaban J connectivity index is 1.80. The summed E-state index contributed by atoms with van der Waals surface area (Å²) in [5.74, 6) is 0. The molecule has 0 spiro atoms. The fraction of sp³-hybridized carbons (Fsp3) is 0.0556. The molecule has 0 atom stereocenters. The predicted octanol–water partition coefficient (Wildman–Crippen LogP) is 3.78. The first-order valence-corrected chi connectivity index (χ1v) is 8.60. The van der Waals surface area contributed by atoms with Gasteiger partial charge in [-0.2, -0.15) is 10.2 Å². The summed E-state index contributed by atoms with van der Waals surface area (Å²) in [4.78, 5) is 4.02. The van der Waals surface area contributed by atoms with Gasteiger partial charge in [0.05, 0.1) is 17.9 Å². The van der Waals surface area contributed by atoms with Gasteiger partial charge in [0.2, 0.25) is 0 Å². The van der Waals surface area contributed by atoms with Gasteiger partial charge in [-0.15, -0.1) is 0 Å². The van der Waals surface area contributed by atoms with Gasteiger partial charge in [-0.1, -0.05) is 30.3 Å². The number of halogens is 1. The topological polar surface area (TPSA) is 48.5 Å². The third kappa shape index (κ3) is 3.09. The van der Waals surface area contributed by atoms with Crippen LogP contribution in [0, 0.1) is 3.57 Å². The minimum absolute atomic E-state index is 0.633. The zero-order valence-electron chi connectivity index (χ0n) is 12.7. The number of benzene rings is 2. The van der Waals surface area contributed by atoms with Crippen molar-refractivity contribution in [1.82, 2.24) is 24.5 Å². The van der Waals surface area contributed by atoms with E-state index < -0.39 is 0 Å². The molecule has 0 unspecified atom stereocenters. The number of rotatable bonds is 4. The highest BCUT2D eigenvalue weighted by Gasteiger charge is 2.13. The normalized spacial score (nSPS) is 10.9. The number of hydrogen-bond donors (Lipinski definition) is 0. The first-order valence-electron chi connectivity index (χ1n) is 7.52. The van der Waals surface area contributed by atoms with Crippen molar-refractivity contribution in [1.29, 1.82) is 0 Å². The van der Waals surface area contributed by atoms with E-state index in [1.807, 2.05) is 39.7 Å². The van der Waals surface area contributed by atoms with Gasteiger partial charge in [0, 0.05) is 20.9 Å². The van der Waals surface area contributed by atoms with E-state index in [-0.39, 0.29) is 0 Å². The minimum Gasteiger partial charge on any atom is -0.248 e. The molecule has 0 saturated carbocycles. The molecule has 0 aliphatic rings. The highest BCUT2D eigenvalue weighted by atomic mass is 127. The smallest absolute Gasteiger partial charge is 0.137 e. The van der Waals surface area contributed by atoms with E-state index in [9.17, 15) is 0 Å². The largest absolute Gasteiger partial charge is 0.248 e. The molecule has 0 aliphatic heterocycles. The molecule has 0 aliphatic carbocycles. The summed E-state index contributed by atoms with van der Waals surface area (Å²) in [5, 5.41) is 9.02. The molecule has 0 N–H and O–H groups in total. The van der Waals surface area contributed by atoms with Crippen molar-refractivity contribution >= 4 is 22.6 Å². The fourth-order valence-corrected chi connectivity index (χ4v) is 2.94. The second-order valence-electron chi connectivity index (χ2n) is 5.38. The standard InChI is InChI=1S/C18H14IN5/c19-16-8-6-14(7-9-16)18-15(10-23-13-20-12-21-23)11-24(22-18)17-4-2-1-3-5-17/h1-9,11-13H,10H2. The minimum atomic E-state index is 0.633.